The van der Waals surface area contributed by atoms with Gasteiger partial charge in [0.05, 0.1) is 25.4 Å². The lowest BCUT2D eigenvalue weighted by Gasteiger charge is -2.43. The number of ether oxygens (including phenoxy) is 2. The number of alkyl halides is 1. The van der Waals surface area contributed by atoms with Gasteiger partial charge in [0.25, 0.3) is 0 Å². The third-order valence-electron chi connectivity index (χ3n) is 4.78. The second-order valence-electron chi connectivity index (χ2n) is 5.90. The number of methoxy groups -OCH3 is 2. The van der Waals surface area contributed by atoms with Crippen LogP contribution in [0.4, 0.5) is 4.39 Å². The highest BCUT2D eigenvalue weighted by Crippen LogP contribution is 2.54. The van der Waals surface area contributed by atoms with Gasteiger partial charge in [-0.1, -0.05) is 18.6 Å². The molecule has 0 spiro atoms. The van der Waals surface area contributed by atoms with Gasteiger partial charge in [0.1, 0.15) is 0 Å². The Labute approximate surface area is 128 Å². The lowest BCUT2D eigenvalue weighted by Crippen LogP contribution is -2.45. The average molecular weight is 306 g/mol. The summed E-state index contributed by atoms with van der Waals surface area (Å²) in [5, 5.41) is 0. The van der Waals surface area contributed by atoms with E-state index in [4.69, 9.17) is 9.47 Å². The van der Waals surface area contributed by atoms with Crippen LogP contribution >= 0.6 is 0 Å². The highest BCUT2D eigenvalue weighted by atomic mass is 19.1. The molecule has 0 heterocycles. The molecule has 5 heteroatoms. The number of esters is 2. The Bertz CT molecular complexity index is 603. The Morgan fingerprint density at radius 3 is 2.09 bits per heavy atom. The summed E-state index contributed by atoms with van der Waals surface area (Å²) >= 11 is 0. The van der Waals surface area contributed by atoms with Gasteiger partial charge in [0.15, 0.2) is 5.67 Å². The van der Waals surface area contributed by atoms with Crippen molar-refractivity contribution in [2.45, 2.75) is 37.8 Å². The van der Waals surface area contributed by atoms with E-state index < -0.39 is 23.5 Å². The van der Waals surface area contributed by atoms with Gasteiger partial charge in [0, 0.05) is 5.92 Å². The first kappa shape index (κ1) is 15.0. The van der Waals surface area contributed by atoms with Crippen LogP contribution in [0.25, 0.3) is 0 Å². The molecule has 4 nitrogen and oxygen atoms in total. The van der Waals surface area contributed by atoms with Crippen molar-refractivity contribution in [3.8, 4) is 0 Å². The minimum absolute atomic E-state index is 0.0740. The summed E-state index contributed by atoms with van der Waals surface area (Å²) < 4.78 is 25.6. The van der Waals surface area contributed by atoms with Crippen molar-refractivity contribution in [1.29, 1.82) is 0 Å². The number of carbonyl (C=O) groups is 2. The van der Waals surface area contributed by atoms with E-state index in [1.54, 1.807) is 12.2 Å². The van der Waals surface area contributed by atoms with Crippen molar-refractivity contribution in [2.75, 3.05) is 14.2 Å². The van der Waals surface area contributed by atoms with Crippen molar-refractivity contribution in [1.82, 2.24) is 0 Å². The zero-order valence-corrected chi connectivity index (χ0v) is 12.8. The van der Waals surface area contributed by atoms with Gasteiger partial charge in [0.2, 0.25) is 0 Å². The van der Waals surface area contributed by atoms with Crippen LogP contribution < -0.4 is 0 Å². The third-order valence-corrected chi connectivity index (χ3v) is 4.78. The van der Waals surface area contributed by atoms with Crippen LogP contribution in [0.1, 0.15) is 32.1 Å². The average Bonchev–Trinajstić information content (AvgIpc) is 2.53. The van der Waals surface area contributed by atoms with Crippen molar-refractivity contribution in [2.24, 2.45) is 5.92 Å². The first-order valence-electron chi connectivity index (χ1n) is 7.56. The molecule has 0 saturated heterocycles. The molecule has 118 valence electrons. The molecule has 1 saturated carbocycles. The SMILES string of the molecule is COC(=O)C1=C(C(=O)OC)C2(F)C3=CC1C=C2CCCCC3. The fraction of sp³-hybridized carbons (Fsp3) is 0.529. The summed E-state index contributed by atoms with van der Waals surface area (Å²) in [6, 6.07) is 0. The highest BCUT2D eigenvalue weighted by molar-refractivity contribution is 6.05. The third kappa shape index (κ3) is 1.95. The first-order valence-corrected chi connectivity index (χ1v) is 7.56. The van der Waals surface area contributed by atoms with E-state index in [0.717, 1.165) is 19.3 Å². The smallest absolute Gasteiger partial charge is 0.338 e. The molecule has 0 aromatic carbocycles. The van der Waals surface area contributed by atoms with Gasteiger partial charge in [-0.2, -0.15) is 0 Å². The number of rotatable bonds is 2. The molecule has 4 rings (SSSR count). The molecule has 1 fully saturated rings. The molecule has 0 aromatic rings. The van der Waals surface area contributed by atoms with E-state index in [9.17, 15) is 9.59 Å². The van der Waals surface area contributed by atoms with Crippen molar-refractivity contribution in [3.63, 3.8) is 0 Å². The summed E-state index contributed by atoms with van der Waals surface area (Å²) in [5.74, 6) is -1.86. The number of carbonyl (C=O) groups excluding carboxylic acids is 2. The zero-order chi connectivity index (χ0) is 15.9. The maximum absolute atomic E-state index is 16.0. The predicted octanol–water partition coefficient (Wildman–Crippen LogP) is 2.80. The molecule has 0 amide bonds. The monoisotopic (exact) mass is 306 g/mol. The van der Waals surface area contributed by atoms with Gasteiger partial charge in [-0.25, -0.2) is 14.0 Å². The van der Waals surface area contributed by atoms with Crippen LogP contribution in [0.5, 0.6) is 0 Å². The molecule has 0 radical (unpaired) electrons. The highest BCUT2D eigenvalue weighted by Gasteiger charge is 2.55. The molecule has 4 aliphatic rings. The maximum atomic E-state index is 16.0. The normalized spacial score (nSPS) is 30.0. The van der Waals surface area contributed by atoms with Crippen LogP contribution in [0.2, 0.25) is 0 Å². The maximum Gasteiger partial charge on any atom is 0.338 e. The van der Waals surface area contributed by atoms with Gasteiger partial charge < -0.3 is 9.47 Å². The summed E-state index contributed by atoms with van der Waals surface area (Å²) in [5.41, 5.74) is -0.939. The van der Waals surface area contributed by atoms with E-state index in [1.807, 2.05) is 0 Å². The van der Waals surface area contributed by atoms with Crippen LogP contribution in [0.3, 0.4) is 0 Å². The van der Waals surface area contributed by atoms with Crippen molar-refractivity contribution < 1.29 is 23.5 Å². The number of allylic oxidation sites excluding steroid dienone is 4. The minimum Gasteiger partial charge on any atom is -0.466 e. The van der Waals surface area contributed by atoms with Gasteiger partial charge in [-0.3, -0.25) is 0 Å². The summed E-state index contributed by atoms with van der Waals surface area (Å²) in [6.45, 7) is 0. The van der Waals surface area contributed by atoms with Crippen LogP contribution in [0, 0.1) is 5.92 Å². The minimum atomic E-state index is -2.01. The topological polar surface area (TPSA) is 52.6 Å². The predicted molar refractivity (Wildman–Crippen MR) is 77.6 cm³/mol. The second-order valence-corrected chi connectivity index (χ2v) is 5.90. The fourth-order valence-electron chi connectivity index (χ4n) is 3.78. The number of hydrogen-bond donors (Lipinski definition) is 0. The Morgan fingerprint density at radius 1 is 1.05 bits per heavy atom. The van der Waals surface area contributed by atoms with E-state index >= 15 is 4.39 Å². The van der Waals surface area contributed by atoms with Crippen molar-refractivity contribution >= 4 is 11.9 Å². The summed E-state index contributed by atoms with van der Waals surface area (Å²) in [4.78, 5) is 24.3. The summed E-state index contributed by atoms with van der Waals surface area (Å²) in [7, 11) is 2.43. The van der Waals surface area contributed by atoms with Gasteiger partial charge >= 0.3 is 11.9 Å². The van der Waals surface area contributed by atoms with E-state index in [2.05, 4.69) is 0 Å². The first-order chi connectivity index (χ1) is 10.5. The standard InChI is InChI=1S/C17H19FO4/c1-21-15(19)13-10-8-11-6-4-3-5-7-12(9-10)17(11,18)14(13)16(20)22-2/h8-10H,3-7H2,1-2H3. The molecule has 4 bridgehead atoms. The lowest BCUT2D eigenvalue weighted by atomic mass is 9.63. The van der Waals surface area contributed by atoms with E-state index in [1.165, 1.54) is 14.2 Å². The van der Waals surface area contributed by atoms with Gasteiger partial charge in [-0.05, 0) is 36.8 Å². The zero-order valence-electron chi connectivity index (χ0n) is 12.8. The Morgan fingerprint density at radius 2 is 1.59 bits per heavy atom. The Hall–Kier alpha value is -1.91. The molecule has 0 unspecified atom stereocenters. The molecule has 0 N–H and O–H groups in total. The molecule has 0 atom stereocenters. The molecule has 4 aliphatic carbocycles. The van der Waals surface area contributed by atoms with Crippen LogP contribution in [-0.4, -0.2) is 31.8 Å². The number of hydrogen-bond acceptors (Lipinski definition) is 4. The fourth-order valence-corrected chi connectivity index (χ4v) is 3.78. The van der Waals surface area contributed by atoms with Crippen LogP contribution in [0.15, 0.2) is 34.4 Å². The van der Waals surface area contributed by atoms with E-state index in [-0.39, 0.29) is 11.1 Å². The quantitative estimate of drug-likeness (QED) is 0.581. The lowest BCUT2D eigenvalue weighted by molar-refractivity contribution is -0.140. The molecule has 0 aliphatic heterocycles. The number of halogens is 1. The molecule has 22 heavy (non-hydrogen) atoms. The summed E-state index contributed by atoms with van der Waals surface area (Å²) in [6.07, 6.45) is 7.55. The molecule has 0 aromatic heterocycles. The Kier molecular flexibility index (Phi) is 3.67. The molecular weight excluding hydrogens is 287 g/mol. The molecular formula is C17H19FO4. The van der Waals surface area contributed by atoms with Crippen LogP contribution in [-0.2, 0) is 19.1 Å². The van der Waals surface area contributed by atoms with E-state index in [0.29, 0.717) is 24.0 Å². The van der Waals surface area contributed by atoms with Crippen molar-refractivity contribution in [3.05, 3.63) is 34.4 Å². The van der Waals surface area contributed by atoms with Gasteiger partial charge in [-0.15, -0.1) is 0 Å². The largest absolute Gasteiger partial charge is 0.466 e. The second kappa shape index (κ2) is 5.38. The Balaban J connectivity index is 2.19.